The van der Waals surface area contributed by atoms with Gasteiger partial charge in [0, 0.05) is 18.8 Å². The zero-order valence-corrected chi connectivity index (χ0v) is 11.1. The minimum atomic E-state index is -0.312. The molecule has 0 amide bonds. The van der Waals surface area contributed by atoms with Crippen molar-refractivity contribution in [1.29, 1.82) is 0 Å². The Balaban J connectivity index is 2.27. The lowest BCUT2D eigenvalue weighted by Gasteiger charge is -2.43. The summed E-state index contributed by atoms with van der Waals surface area (Å²) in [5, 5.41) is 9.13. The number of benzene rings is 1. The van der Waals surface area contributed by atoms with Crippen molar-refractivity contribution in [2.45, 2.75) is 39.1 Å². The van der Waals surface area contributed by atoms with Crippen molar-refractivity contribution in [3.8, 4) is 0 Å². The van der Waals surface area contributed by atoms with Gasteiger partial charge in [0.2, 0.25) is 0 Å². The molecule has 0 radical (unpaired) electrons. The molecule has 1 atom stereocenters. The maximum atomic E-state index is 13.5. The summed E-state index contributed by atoms with van der Waals surface area (Å²) in [6, 6.07) is 4.70. The lowest BCUT2D eigenvalue weighted by atomic mass is 10.0. The van der Waals surface area contributed by atoms with Crippen LogP contribution in [0.25, 0.3) is 0 Å². The lowest BCUT2D eigenvalue weighted by molar-refractivity contribution is -0.0749. The molecule has 1 heterocycles. The number of aliphatic hydroxyl groups excluding tert-OH is 1. The van der Waals surface area contributed by atoms with Crippen LogP contribution in [0.4, 0.5) is 10.1 Å². The summed E-state index contributed by atoms with van der Waals surface area (Å²) in [6.45, 7) is 7.38. The predicted octanol–water partition coefficient (Wildman–Crippen LogP) is 2.32. The summed E-state index contributed by atoms with van der Waals surface area (Å²) in [4.78, 5) is 2.11. The molecule has 1 unspecified atom stereocenters. The molecule has 1 aliphatic heterocycles. The lowest BCUT2D eigenvalue weighted by Crippen LogP contribution is -2.52. The van der Waals surface area contributed by atoms with E-state index in [9.17, 15) is 4.39 Å². The van der Waals surface area contributed by atoms with E-state index in [1.807, 2.05) is 26.8 Å². The molecule has 2 rings (SSSR count). The van der Waals surface area contributed by atoms with E-state index in [4.69, 9.17) is 9.84 Å². The van der Waals surface area contributed by atoms with Crippen molar-refractivity contribution in [2.75, 3.05) is 18.0 Å². The molecule has 1 saturated heterocycles. The van der Waals surface area contributed by atoms with Gasteiger partial charge in [0.15, 0.2) is 0 Å². The molecule has 1 aromatic carbocycles. The fraction of sp³-hybridized carbons (Fsp3) is 0.571. The number of rotatable bonds is 2. The molecule has 0 aromatic heterocycles. The Morgan fingerprint density at radius 1 is 1.44 bits per heavy atom. The highest BCUT2D eigenvalue weighted by Gasteiger charge is 2.31. The first-order valence-electron chi connectivity index (χ1n) is 6.23. The Morgan fingerprint density at radius 2 is 2.17 bits per heavy atom. The molecular formula is C14H20FNO2. The van der Waals surface area contributed by atoms with Crippen LogP contribution in [-0.2, 0) is 11.3 Å². The van der Waals surface area contributed by atoms with Gasteiger partial charge < -0.3 is 14.7 Å². The van der Waals surface area contributed by atoms with Crippen LogP contribution in [0.3, 0.4) is 0 Å². The SMILES string of the molecule is CC1CN(c2cc(F)cc(CO)c2)CC(C)(C)O1. The van der Waals surface area contributed by atoms with E-state index in [1.165, 1.54) is 12.1 Å². The zero-order chi connectivity index (χ0) is 13.3. The first-order chi connectivity index (χ1) is 8.39. The molecule has 3 nitrogen and oxygen atoms in total. The summed E-state index contributed by atoms with van der Waals surface area (Å²) in [5.41, 5.74) is 1.16. The van der Waals surface area contributed by atoms with E-state index in [-0.39, 0.29) is 24.1 Å². The number of aliphatic hydroxyl groups is 1. The number of anilines is 1. The van der Waals surface area contributed by atoms with Gasteiger partial charge in [0.1, 0.15) is 5.82 Å². The van der Waals surface area contributed by atoms with E-state index in [1.54, 1.807) is 0 Å². The van der Waals surface area contributed by atoms with Gasteiger partial charge in [-0.2, -0.15) is 0 Å². The monoisotopic (exact) mass is 253 g/mol. The highest BCUT2D eigenvalue weighted by molar-refractivity contribution is 5.50. The minimum absolute atomic E-state index is 0.106. The molecule has 1 fully saturated rings. The van der Waals surface area contributed by atoms with Gasteiger partial charge in [-0.15, -0.1) is 0 Å². The quantitative estimate of drug-likeness (QED) is 0.878. The van der Waals surface area contributed by atoms with Gasteiger partial charge >= 0.3 is 0 Å². The zero-order valence-electron chi connectivity index (χ0n) is 11.1. The van der Waals surface area contributed by atoms with Crippen molar-refractivity contribution in [1.82, 2.24) is 0 Å². The van der Waals surface area contributed by atoms with Crippen LogP contribution < -0.4 is 4.90 Å². The maximum absolute atomic E-state index is 13.5. The molecule has 100 valence electrons. The number of halogens is 1. The molecule has 0 spiro atoms. The van der Waals surface area contributed by atoms with Crippen LogP contribution in [0.15, 0.2) is 18.2 Å². The first kappa shape index (κ1) is 13.3. The van der Waals surface area contributed by atoms with E-state index >= 15 is 0 Å². The summed E-state index contributed by atoms with van der Waals surface area (Å²) >= 11 is 0. The van der Waals surface area contributed by atoms with Gasteiger partial charge in [-0.05, 0) is 44.5 Å². The second-order valence-electron chi connectivity index (χ2n) is 5.54. The second-order valence-corrected chi connectivity index (χ2v) is 5.54. The smallest absolute Gasteiger partial charge is 0.125 e. The molecule has 1 aliphatic rings. The number of hydrogen-bond acceptors (Lipinski definition) is 3. The molecular weight excluding hydrogens is 233 g/mol. The van der Waals surface area contributed by atoms with Gasteiger partial charge in [-0.3, -0.25) is 0 Å². The van der Waals surface area contributed by atoms with Gasteiger partial charge in [0.25, 0.3) is 0 Å². The first-order valence-corrected chi connectivity index (χ1v) is 6.23. The molecule has 0 bridgehead atoms. The molecule has 0 saturated carbocycles. The standard InChI is InChI=1S/C14H20FNO2/c1-10-7-16(9-14(2,3)18-10)13-5-11(8-17)4-12(15)6-13/h4-6,10,17H,7-9H2,1-3H3. The number of nitrogens with zero attached hydrogens (tertiary/aromatic N) is 1. The van der Waals surface area contributed by atoms with Crippen molar-refractivity contribution in [3.05, 3.63) is 29.6 Å². The molecule has 18 heavy (non-hydrogen) atoms. The van der Waals surface area contributed by atoms with Gasteiger partial charge in [-0.25, -0.2) is 4.39 Å². The molecule has 0 aliphatic carbocycles. The Morgan fingerprint density at radius 3 is 2.78 bits per heavy atom. The topological polar surface area (TPSA) is 32.7 Å². The van der Waals surface area contributed by atoms with E-state index in [0.29, 0.717) is 12.1 Å². The second kappa shape index (κ2) is 4.86. The largest absolute Gasteiger partial charge is 0.392 e. The Kier molecular flexibility index (Phi) is 3.59. The highest BCUT2D eigenvalue weighted by Crippen LogP contribution is 2.27. The van der Waals surface area contributed by atoms with Crippen LogP contribution in [-0.4, -0.2) is 29.9 Å². The third-order valence-corrected chi connectivity index (χ3v) is 3.06. The fourth-order valence-electron chi connectivity index (χ4n) is 2.56. The molecule has 1 N–H and O–H groups in total. The van der Waals surface area contributed by atoms with Crippen molar-refractivity contribution >= 4 is 5.69 Å². The number of hydrogen-bond donors (Lipinski definition) is 1. The number of ether oxygens (including phenoxy) is 1. The summed E-state index contributed by atoms with van der Waals surface area (Å²) < 4.78 is 19.3. The third kappa shape index (κ3) is 3.00. The normalized spacial score (nSPS) is 23.2. The highest BCUT2D eigenvalue weighted by atomic mass is 19.1. The van der Waals surface area contributed by atoms with Crippen LogP contribution >= 0.6 is 0 Å². The Hall–Kier alpha value is -1.13. The maximum Gasteiger partial charge on any atom is 0.125 e. The number of morpholine rings is 1. The predicted molar refractivity (Wildman–Crippen MR) is 69.2 cm³/mol. The van der Waals surface area contributed by atoms with Crippen molar-refractivity contribution in [3.63, 3.8) is 0 Å². The van der Waals surface area contributed by atoms with Crippen LogP contribution in [0, 0.1) is 5.82 Å². The average molecular weight is 253 g/mol. The van der Waals surface area contributed by atoms with Gasteiger partial charge in [0.05, 0.1) is 18.3 Å². The Bertz CT molecular complexity index is 434. The summed E-state index contributed by atoms with van der Waals surface area (Å²) in [6.07, 6.45) is 0.106. The van der Waals surface area contributed by atoms with Crippen LogP contribution in [0.5, 0.6) is 0 Å². The van der Waals surface area contributed by atoms with E-state index in [2.05, 4.69) is 4.90 Å². The molecule has 1 aromatic rings. The Labute approximate surface area is 107 Å². The third-order valence-electron chi connectivity index (χ3n) is 3.06. The summed E-state index contributed by atoms with van der Waals surface area (Å²) in [7, 11) is 0. The van der Waals surface area contributed by atoms with Gasteiger partial charge in [-0.1, -0.05) is 0 Å². The van der Waals surface area contributed by atoms with Crippen LogP contribution in [0.1, 0.15) is 26.3 Å². The summed E-state index contributed by atoms with van der Waals surface area (Å²) in [5.74, 6) is -0.312. The van der Waals surface area contributed by atoms with Crippen molar-refractivity contribution in [2.24, 2.45) is 0 Å². The van der Waals surface area contributed by atoms with Crippen molar-refractivity contribution < 1.29 is 14.2 Å². The van der Waals surface area contributed by atoms with E-state index < -0.39 is 0 Å². The minimum Gasteiger partial charge on any atom is -0.392 e. The fourth-order valence-corrected chi connectivity index (χ4v) is 2.56. The molecule has 4 heteroatoms. The van der Waals surface area contributed by atoms with E-state index in [0.717, 1.165) is 12.2 Å². The average Bonchev–Trinajstić information content (AvgIpc) is 2.25. The van der Waals surface area contributed by atoms with Crippen LogP contribution in [0.2, 0.25) is 0 Å².